The van der Waals surface area contributed by atoms with Crippen LogP contribution in [-0.4, -0.2) is 58.0 Å². The number of nitrogens with zero attached hydrogens (tertiary/aromatic N) is 4. The second-order valence-electron chi connectivity index (χ2n) is 7.00. The Morgan fingerprint density at radius 1 is 1.25 bits per heavy atom. The Labute approximate surface area is 143 Å². The van der Waals surface area contributed by atoms with Gasteiger partial charge in [-0.3, -0.25) is 0 Å². The van der Waals surface area contributed by atoms with Gasteiger partial charge >= 0.3 is 6.03 Å². The summed E-state index contributed by atoms with van der Waals surface area (Å²) in [7, 11) is 0. The van der Waals surface area contributed by atoms with E-state index in [-0.39, 0.29) is 6.03 Å². The van der Waals surface area contributed by atoms with Gasteiger partial charge in [-0.25, -0.2) is 14.5 Å². The Kier molecular flexibility index (Phi) is 6.07. The van der Waals surface area contributed by atoms with Crippen LogP contribution in [0.3, 0.4) is 0 Å². The van der Waals surface area contributed by atoms with Gasteiger partial charge in [0.2, 0.25) is 0 Å². The van der Waals surface area contributed by atoms with Gasteiger partial charge in [-0.1, -0.05) is 19.8 Å². The molecule has 1 aliphatic heterocycles. The predicted octanol–water partition coefficient (Wildman–Crippen LogP) is 2.22. The molecular formula is C17H29N5O2. The van der Waals surface area contributed by atoms with Crippen LogP contribution in [0.2, 0.25) is 0 Å². The van der Waals surface area contributed by atoms with Crippen molar-refractivity contribution in [2.24, 2.45) is 5.92 Å². The van der Waals surface area contributed by atoms with Gasteiger partial charge in [0.15, 0.2) is 0 Å². The predicted molar refractivity (Wildman–Crippen MR) is 90.6 cm³/mol. The van der Waals surface area contributed by atoms with Crippen LogP contribution in [-0.2, 0) is 4.74 Å². The van der Waals surface area contributed by atoms with Crippen LogP contribution in [0.25, 0.3) is 0 Å². The van der Waals surface area contributed by atoms with Crippen molar-refractivity contribution in [3.05, 3.63) is 12.7 Å². The highest BCUT2D eigenvalue weighted by atomic mass is 16.5. The third kappa shape index (κ3) is 4.47. The average molecular weight is 335 g/mol. The van der Waals surface area contributed by atoms with E-state index in [0.717, 1.165) is 32.4 Å². The molecule has 7 heteroatoms. The van der Waals surface area contributed by atoms with Crippen molar-refractivity contribution in [2.45, 2.75) is 57.6 Å². The van der Waals surface area contributed by atoms with E-state index in [4.69, 9.17) is 4.74 Å². The summed E-state index contributed by atoms with van der Waals surface area (Å²) in [5, 5.41) is 7.17. The molecule has 2 amide bonds. The van der Waals surface area contributed by atoms with Gasteiger partial charge in [0.05, 0.1) is 18.8 Å². The van der Waals surface area contributed by atoms with Gasteiger partial charge in [0.25, 0.3) is 0 Å². The van der Waals surface area contributed by atoms with Gasteiger partial charge in [-0.2, -0.15) is 5.10 Å². The molecule has 1 aromatic rings. The molecule has 1 aromatic heterocycles. The lowest BCUT2D eigenvalue weighted by Crippen LogP contribution is -2.45. The van der Waals surface area contributed by atoms with Crippen LogP contribution in [0.4, 0.5) is 4.79 Å². The van der Waals surface area contributed by atoms with E-state index in [9.17, 15) is 4.79 Å². The number of hydrogen-bond donors (Lipinski definition) is 1. The largest absolute Gasteiger partial charge is 0.376 e. The standard InChI is InChI=1S/C17H29N5O2/c1-14-4-2-3-5-16(14)24-11-8-19-17(23)21-9-6-15(7-10-21)22-13-18-12-20-22/h12-16H,2-11H2,1H3,(H,19,23)/t14-,16-/m0/s1. The summed E-state index contributed by atoms with van der Waals surface area (Å²) in [6, 6.07) is 0.375. The quantitative estimate of drug-likeness (QED) is 0.838. The van der Waals surface area contributed by atoms with E-state index in [1.54, 1.807) is 12.7 Å². The van der Waals surface area contributed by atoms with Crippen LogP contribution < -0.4 is 5.32 Å². The fraction of sp³-hybridized carbons (Fsp3) is 0.824. The highest BCUT2D eigenvalue weighted by Crippen LogP contribution is 2.26. The Hall–Kier alpha value is -1.63. The first kappa shape index (κ1) is 17.2. The molecule has 1 N–H and O–H groups in total. The number of hydrogen-bond acceptors (Lipinski definition) is 4. The maximum Gasteiger partial charge on any atom is 0.317 e. The highest BCUT2D eigenvalue weighted by Gasteiger charge is 2.24. The Balaban J connectivity index is 1.31. The van der Waals surface area contributed by atoms with E-state index in [1.165, 1.54) is 19.3 Å². The number of amides is 2. The fourth-order valence-electron chi connectivity index (χ4n) is 3.75. The molecule has 134 valence electrons. The van der Waals surface area contributed by atoms with Crippen LogP contribution >= 0.6 is 0 Å². The summed E-state index contributed by atoms with van der Waals surface area (Å²) in [6.07, 6.45) is 10.5. The number of carbonyl (C=O) groups excluding carboxylic acids is 1. The van der Waals surface area contributed by atoms with Crippen molar-refractivity contribution < 1.29 is 9.53 Å². The smallest absolute Gasteiger partial charge is 0.317 e. The number of nitrogens with one attached hydrogen (secondary N) is 1. The zero-order chi connectivity index (χ0) is 16.8. The molecule has 2 fully saturated rings. The molecular weight excluding hydrogens is 306 g/mol. The first-order valence-electron chi connectivity index (χ1n) is 9.22. The summed E-state index contributed by atoms with van der Waals surface area (Å²) in [6.45, 7) is 4.98. The highest BCUT2D eigenvalue weighted by molar-refractivity contribution is 5.74. The monoisotopic (exact) mass is 335 g/mol. The first-order chi connectivity index (χ1) is 11.7. The number of carbonyl (C=O) groups is 1. The van der Waals surface area contributed by atoms with Crippen LogP contribution in [0.15, 0.2) is 12.7 Å². The molecule has 0 spiro atoms. The average Bonchev–Trinajstić information content (AvgIpc) is 3.15. The lowest BCUT2D eigenvalue weighted by molar-refractivity contribution is -0.00279. The maximum atomic E-state index is 12.2. The minimum atomic E-state index is 0.0207. The zero-order valence-corrected chi connectivity index (χ0v) is 14.6. The van der Waals surface area contributed by atoms with Gasteiger partial charge in [0, 0.05) is 19.6 Å². The molecule has 1 saturated heterocycles. The number of piperidine rings is 1. The van der Waals surface area contributed by atoms with E-state index >= 15 is 0 Å². The minimum Gasteiger partial charge on any atom is -0.376 e. The van der Waals surface area contributed by atoms with Crippen molar-refractivity contribution in [1.82, 2.24) is 25.0 Å². The summed E-state index contributed by atoms with van der Waals surface area (Å²) in [5.41, 5.74) is 0. The lowest BCUT2D eigenvalue weighted by atomic mass is 9.88. The normalized spacial score (nSPS) is 25.6. The SMILES string of the molecule is C[C@H]1CCCC[C@@H]1OCCNC(=O)N1CCC(n2cncn2)CC1. The Bertz CT molecular complexity index is 499. The van der Waals surface area contributed by atoms with Crippen LogP contribution in [0, 0.1) is 5.92 Å². The summed E-state index contributed by atoms with van der Waals surface area (Å²) in [4.78, 5) is 18.1. The van der Waals surface area contributed by atoms with Crippen molar-refractivity contribution in [1.29, 1.82) is 0 Å². The Morgan fingerprint density at radius 3 is 2.75 bits per heavy atom. The lowest BCUT2D eigenvalue weighted by Gasteiger charge is -2.32. The third-order valence-electron chi connectivity index (χ3n) is 5.31. The number of likely N-dealkylation sites (tertiary alicyclic amines) is 1. The molecule has 1 saturated carbocycles. The molecule has 0 radical (unpaired) electrons. The molecule has 0 bridgehead atoms. The number of urea groups is 1. The van der Waals surface area contributed by atoms with E-state index in [2.05, 4.69) is 22.3 Å². The summed E-state index contributed by atoms with van der Waals surface area (Å²) in [5.74, 6) is 0.644. The summed E-state index contributed by atoms with van der Waals surface area (Å²) < 4.78 is 7.84. The second kappa shape index (κ2) is 8.46. The molecule has 2 aliphatic rings. The topological polar surface area (TPSA) is 72.3 Å². The first-order valence-corrected chi connectivity index (χ1v) is 9.22. The molecule has 2 heterocycles. The van der Waals surface area contributed by atoms with Crippen LogP contribution in [0.1, 0.15) is 51.5 Å². The Morgan fingerprint density at radius 2 is 2.04 bits per heavy atom. The van der Waals surface area contributed by atoms with E-state index < -0.39 is 0 Å². The number of ether oxygens (including phenoxy) is 1. The second-order valence-corrected chi connectivity index (χ2v) is 7.00. The van der Waals surface area contributed by atoms with Gasteiger partial charge in [0.1, 0.15) is 12.7 Å². The maximum absolute atomic E-state index is 12.2. The van der Waals surface area contributed by atoms with Crippen molar-refractivity contribution in [3.8, 4) is 0 Å². The van der Waals surface area contributed by atoms with E-state index in [0.29, 0.717) is 31.2 Å². The molecule has 3 rings (SSSR count). The minimum absolute atomic E-state index is 0.0207. The van der Waals surface area contributed by atoms with Crippen LogP contribution in [0.5, 0.6) is 0 Å². The van der Waals surface area contributed by atoms with Gasteiger partial charge in [-0.05, 0) is 31.6 Å². The molecule has 2 atom stereocenters. The van der Waals surface area contributed by atoms with Crippen molar-refractivity contribution in [3.63, 3.8) is 0 Å². The molecule has 0 unspecified atom stereocenters. The van der Waals surface area contributed by atoms with Gasteiger partial charge < -0.3 is 15.0 Å². The zero-order valence-electron chi connectivity index (χ0n) is 14.6. The molecule has 24 heavy (non-hydrogen) atoms. The third-order valence-corrected chi connectivity index (χ3v) is 5.31. The summed E-state index contributed by atoms with van der Waals surface area (Å²) >= 11 is 0. The van der Waals surface area contributed by atoms with E-state index in [1.807, 2.05) is 9.58 Å². The molecule has 0 aromatic carbocycles. The number of aromatic nitrogens is 3. The molecule has 1 aliphatic carbocycles. The molecule has 7 nitrogen and oxygen atoms in total. The number of rotatable bonds is 5. The van der Waals surface area contributed by atoms with Crippen molar-refractivity contribution >= 4 is 6.03 Å². The van der Waals surface area contributed by atoms with Gasteiger partial charge in [-0.15, -0.1) is 0 Å². The van der Waals surface area contributed by atoms with Crippen molar-refractivity contribution in [2.75, 3.05) is 26.2 Å². The fourth-order valence-corrected chi connectivity index (χ4v) is 3.75.